The van der Waals surface area contributed by atoms with E-state index in [0.717, 1.165) is 24.6 Å². The fourth-order valence-corrected chi connectivity index (χ4v) is 2.99. The molecule has 0 bridgehead atoms. The summed E-state index contributed by atoms with van der Waals surface area (Å²) in [5.74, 6) is 0.688. The van der Waals surface area contributed by atoms with Gasteiger partial charge in [-0.25, -0.2) is 14.5 Å². The Morgan fingerprint density at radius 1 is 1.00 bits per heavy atom. The van der Waals surface area contributed by atoms with Gasteiger partial charge in [0.25, 0.3) is 5.91 Å². The zero-order chi connectivity index (χ0) is 16.4. The first kappa shape index (κ1) is 14.6. The summed E-state index contributed by atoms with van der Waals surface area (Å²) in [5.41, 5.74) is 1.82. The van der Waals surface area contributed by atoms with Crippen LogP contribution in [0, 0.1) is 0 Å². The maximum Gasteiger partial charge on any atom is 0.274 e. The molecule has 3 aromatic heterocycles. The van der Waals surface area contributed by atoms with Crippen molar-refractivity contribution in [2.24, 2.45) is 0 Å². The smallest absolute Gasteiger partial charge is 0.274 e. The van der Waals surface area contributed by atoms with Crippen LogP contribution in [0.2, 0.25) is 0 Å². The molecule has 0 radical (unpaired) electrons. The summed E-state index contributed by atoms with van der Waals surface area (Å²) in [5, 5.41) is 7.07. The molecule has 3 aromatic rings. The van der Waals surface area contributed by atoms with Crippen LogP contribution in [0.15, 0.2) is 42.9 Å². The summed E-state index contributed by atoms with van der Waals surface area (Å²) in [6.07, 6.45) is 8.61. The molecule has 1 N–H and O–H groups in total. The Morgan fingerprint density at radius 3 is 2.71 bits per heavy atom. The van der Waals surface area contributed by atoms with Crippen LogP contribution in [0.5, 0.6) is 0 Å². The quantitative estimate of drug-likeness (QED) is 0.801. The number of fused-ring (bicyclic) bond motifs is 1. The van der Waals surface area contributed by atoms with Gasteiger partial charge in [-0.05, 0) is 31.4 Å². The maximum absolute atomic E-state index is 12.6. The highest BCUT2D eigenvalue weighted by Gasteiger charge is 2.15. The molecule has 0 atom stereocenters. The number of nitrogens with zero attached hydrogens (tertiary/aromatic N) is 5. The van der Waals surface area contributed by atoms with Gasteiger partial charge in [0, 0.05) is 43.3 Å². The number of hydrogen-bond donors (Lipinski definition) is 1. The summed E-state index contributed by atoms with van der Waals surface area (Å²) in [6, 6.07) is 7.14. The van der Waals surface area contributed by atoms with Crippen LogP contribution in [0.1, 0.15) is 29.8 Å². The van der Waals surface area contributed by atoms with E-state index in [1.54, 1.807) is 36.8 Å². The predicted octanol–water partition coefficient (Wildman–Crippen LogP) is 2.37. The lowest BCUT2D eigenvalue weighted by Gasteiger charge is -2.27. The number of rotatable bonds is 3. The van der Waals surface area contributed by atoms with Crippen molar-refractivity contribution < 1.29 is 4.79 Å². The third-order valence-electron chi connectivity index (χ3n) is 4.21. The minimum Gasteiger partial charge on any atom is -0.357 e. The van der Waals surface area contributed by atoms with Crippen molar-refractivity contribution in [3.63, 3.8) is 0 Å². The standard InChI is InChI=1S/C17H18N6O/c24-17(14-5-8-18-15-6-9-20-23(14)15)21-13-4-7-19-16(12-13)22-10-2-1-3-11-22/h4-9,12H,1-3,10-11H2,(H,19,21,24). The highest BCUT2D eigenvalue weighted by atomic mass is 16.2. The fraction of sp³-hybridized carbons (Fsp3) is 0.294. The highest BCUT2D eigenvalue weighted by Crippen LogP contribution is 2.21. The Morgan fingerprint density at radius 2 is 1.83 bits per heavy atom. The number of carbonyl (C=O) groups is 1. The van der Waals surface area contributed by atoms with Gasteiger partial charge in [0.15, 0.2) is 5.65 Å². The second kappa shape index (κ2) is 6.27. The Bertz CT molecular complexity index is 868. The summed E-state index contributed by atoms with van der Waals surface area (Å²) < 4.78 is 1.53. The molecule has 24 heavy (non-hydrogen) atoms. The molecule has 1 aliphatic heterocycles. The number of aromatic nitrogens is 4. The average Bonchev–Trinajstić information content (AvgIpc) is 3.11. The van der Waals surface area contributed by atoms with E-state index in [2.05, 4.69) is 25.3 Å². The largest absolute Gasteiger partial charge is 0.357 e. The zero-order valence-corrected chi connectivity index (χ0v) is 13.2. The first-order chi connectivity index (χ1) is 11.8. The van der Waals surface area contributed by atoms with Gasteiger partial charge in [-0.3, -0.25) is 4.79 Å². The molecule has 7 heteroatoms. The lowest BCUT2D eigenvalue weighted by Crippen LogP contribution is -2.30. The minimum atomic E-state index is -0.220. The molecule has 1 amide bonds. The van der Waals surface area contributed by atoms with Crippen LogP contribution in [-0.2, 0) is 0 Å². The Labute approximate surface area is 139 Å². The molecular weight excluding hydrogens is 304 g/mol. The lowest BCUT2D eigenvalue weighted by atomic mass is 10.1. The van der Waals surface area contributed by atoms with Crippen molar-refractivity contribution in [3.05, 3.63) is 48.5 Å². The van der Waals surface area contributed by atoms with Crippen molar-refractivity contribution in [1.29, 1.82) is 0 Å². The molecule has 0 saturated carbocycles. The number of carbonyl (C=O) groups excluding carboxylic acids is 1. The predicted molar refractivity (Wildman–Crippen MR) is 91.2 cm³/mol. The molecule has 0 aromatic carbocycles. The topological polar surface area (TPSA) is 75.4 Å². The molecule has 1 aliphatic rings. The summed E-state index contributed by atoms with van der Waals surface area (Å²) in [4.78, 5) is 23.4. The monoisotopic (exact) mass is 322 g/mol. The Hall–Kier alpha value is -2.96. The number of piperidine rings is 1. The number of pyridine rings is 1. The van der Waals surface area contributed by atoms with E-state index in [1.165, 1.54) is 23.8 Å². The molecule has 4 heterocycles. The molecule has 1 saturated heterocycles. The van der Waals surface area contributed by atoms with Crippen LogP contribution >= 0.6 is 0 Å². The van der Waals surface area contributed by atoms with E-state index in [4.69, 9.17) is 0 Å². The second-order valence-electron chi connectivity index (χ2n) is 5.84. The number of amides is 1. The van der Waals surface area contributed by atoms with E-state index in [-0.39, 0.29) is 5.91 Å². The molecule has 122 valence electrons. The van der Waals surface area contributed by atoms with Crippen molar-refractivity contribution in [2.75, 3.05) is 23.3 Å². The van der Waals surface area contributed by atoms with E-state index in [9.17, 15) is 4.79 Å². The van der Waals surface area contributed by atoms with Gasteiger partial charge in [0.2, 0.25) is 0 Å². The first-order valence-electron chi connectivity index (χ1n) is 8.12. The van der Waals surface area contributed by atoms with Gasteiger partial charge in [-0.2, -0.15) is 5.10 Å². The van der Waals surface area contributed by atoms with Gasteiger partial charge in [0.05, 0.1) is 6.20 Å². The second-order valence-corrected chi connectivity index (χ2v) is 5.84. The van der Waals surface area contributed by atoms with Crippen LogP contribution in [0.3, 0.4) is 0 Å². The molecule has 4 rings (SSSR count). The van der Waals surface area contributed by atoms with E-state index in [1.807, 2.05) is 6.07 Å². The van der Waals surface area contributed by atoms with Gasteiger partial charge in [-0.15, -0.1) is 0 Å². The number of nitrogens with one attached hydrogen (secondary N) is 1. The number of hydrogen-bond acceptors (Lipinski definition) is 5. The third kappa shape index (κ3) is 2.80. The first-order valence-corrected chi connectivity index (χ1v) is 8.12. The Balaban J connectivity index is 1.56. The van der Waals surface area contributed by atoms with E-state index < -0.39 is 0 Å². The van der Waals surface area contributed by atoms with Crippen molar-refractivity contribution in [1.82, 2.24) is 19.6 Å². The van der Waals surface area contributed by atoms with Gasteiger partial charge < -0.3 is 10.2 Å². The molecular formula is C17H18N6O. The van der Waals surface area contributed by atoms with Crippen molar-refractivity contribution >= 4 is 23.1 Å². The van der Waals surface area contributed by atoms with Crippen molar-refractivity contribution in [2.45, 2.75) is 19.3 Å². The van der Waals surface area contributed by atoms with E-state index in [0.29, 0.717) is 11.3 Å². The molecule has 1 fully saturated rings. The SMILES string of the molecule is O=C(Nc1ccnc(N2CCCCC2)c1)c1ccnc2ccnn12. The lowest BCUT2D eigenvalue weighted by molar-refractivity contribution is 0.102. The minimum absolute atomic E-state index is 0.220. The molecule has 0 aliphatic carbocycles. The average molecular weight is 322 g/mol. The van der Waals surface area contributed by atoms with Gasteiger partial charge in [0.1, 0.15) is 11.5 Å². The Kier molecular flexibility index (Phi) is 3.82. The zero-order valence-electron chi connectivity index (χ0n) is 13.2. The van der Waals surface area contributed by atoms with E-state index >= 15 is 0 Å². The number of anilines is 2. The molecule has 0 spiro atoms. The van der Waals surface area contributed by atoms with Crippen LogP contribution in [-0.4, -0.2) is 38.6 Å². The third-order valence-corrected chi connectivity index (χ3v) is 4.21. The van der Waals surface area contributed by atoms with Crippen molar-refractivity contribution in [3.8, 4) is 0 Å². The summed E-state index contributed by atoms with van der Waals surface area (Å²) in [7, 11) is 0. The van der Waals surface area contributed by atoms with Gasteiger partial charge in [-0.1, -0.05) is 0 Å². The maximum atomic E-state index is 12.6. The van der Waals surface area contributed by atoms with Gasteiger partial charge >= 0.3 is 0 Å². The molecule has 0 unspecified atom stereocenters. The van der Waals surface area contributed by atoms with Crippen LogP contribution in [0.4, 0.5) is 11.5 Å². The van der Waals surface area contributed by atoms with Crippen LogP contribution < -0.4 is 10.2 Å². The van der Waals surface area contributed by atoms with Crippen LogP contribution in [0.25, 0.3) is 5.65 Å². The summed E-state index contributed by atoms with van der Waals surface area (Å²) in [6.45, 7) is 2.03. The molecule has 7 nitrogen and oxygen atoms in total. The summed E-state index contributed by atoms with van der Waals surface area (Å²) >= 11 is 0. The highest BCUT2D eigenvalue weighted by molar-refractivity contribution is 6.03. The fourth-order valence-electron chi connectivity index (χ4n) is 2.99. The normalized spacial score (nSPS) is 14.8.